The number of carbonyl (C=O) groups is 4. The van der Waals surface area contributed by atoms with Crippen molar-refractivity contribution in [1.29, 1.82) is 0 Å². The van der Waals surface area contributed by atoms with E-state index in [-0.39, 0.29) is 38.0 Å². The van der Waals surface area contributed by atoms with Gasteiger partial charge in [-0.3, -0.25) is 14.6 Å². The minimum Gasteiger partial charge on any atom is -0.488 e. The fraction of sp³-hybridized carbons (Fsp3) is 0.440. The summed E-state index contributed by atoms with van der Waals surface area (Å²) < 4.78 is 10.5. The molecule has 4 amide bonds. The van der Waals surface area contributed by atoms with Crippen molar-refractivity contribution >= 4 is 52.4 Å². The summed E-state index contributed by atoms with van der Waals surface area (Å²) in [6, 6.07) is 14.2. The van der Waals surface area contributed by atoms with Gasteiger partial charge in [0.05, 0.1) is 36.4 Å². The number of fused-ring (bicyclic) bond motifs is 4. The summed E-state index contributed by atoms with van der Waals surface area (Å²) in [6.07, 6.45) is 20.8. The Morgan fingerprint density at radius 2 is 1.38 bits per heavy atom. The molecule has 0 saturated heterocycles. The van der Waals surface area contributed by atoms with Crippen LogP contribution < -0.4 is 20.7 Å². The number of benzene rings is 3. The topological polar surface area (TPSA) is 211 Å². The van der Waals surface area contributed by atoms with E-state index in [4.69, 9.17) is 14.9 Å². The number of nitrogens with one attached hydrogen (secondary N) is 4. The van der Waals surface area contributed by atoms with Crippen molar-refractivity contribution in [3.8, 4) is 53.8 Å². The fourth-order valence-corrected chi connectivity index (χ4v) is 6.02. The van der Waals surface area contributed by atoms with Crippen LogP contribution in [0.4, 0.5) is 21.0 Å². The van der Waals surface area contributed by atoms with Gasteiger partial charge in [-0.25, -0.2) is 14.6 Å². The highest BCUT2D eigenvalue weighted by Gasteiger charge is 2.22. The number of aromatic nitrogens is 2. The van der Waals surface area contributed by atoms with E-state index in [1.165, 1.54) is 12.8 Å². The van der Waals surface area contributed by atoms with E-state index in [2.05, 4.69) is 107 Å². The molecule has 66 heavy (non-hydrogen) atoms. The van der Waals surface area contributed by atoms with Crippen molar-refractivity contribution in [2.45, 2.75) is 94.2 Å². The van der Waals surface area contributed by atoms with Crippen LogP contribution in [0.25, 0.3) is 33.2 Å². The first-order chi connectivity index (χ1) is 31.9. The van der Waals surface area contributed by atoms with Gasteiger partial charge in [0.25, 0.3) is 0 Å². The lowest BCUT2D eigenvalue weighted by atomic mass is 9.92. The van der Waals surface area contributed by atoms with E-state index < -0.39 is 12.2 Å². The number of methoxy groups -OCH3 is 1. The lowest BCUT2D eigenvalue weighted by Crippen LogP contribution is -2.41. The molecule has 0 radical (unpaired) electrons. The van der Waals surface area contributed by atoms with Gasteiger partial charge in [-0.15, -0.1) is 25.7 Å². The number of rotatable bonds is 15. The summed E-state index contributed by atoms with van der Waals surface area (Å²) >= 11 is 0. The lowest BCUT2D eigenvalue weighted by Gasteiger charge is -2.23. The number of carboxylic acid groups (broad SMARTS) is 2. The average molecular weight is 915 g/mol. The van der Waals surface area contributed by atoms with Crippen LogP contribution in [0.2, 0.25) is 0 Å². The molecule has 0 spiro atoms. The number of ether oxygens (including phenoxy) is 2. The van der Waals surface area contributed by atoms with Crippen molar-refractivity contribution in [3.05, 3.63) is 60.0 Å². The van der Waals surface area contributed by atoms with Crippen LogP contribution in [-0.2, 0) is 27.5 Å². The SMILES string of the molecule is C#C.C#C.CC.CCC.CCC.CCCN(CC=Nc1ccc2cc3c(cc2c1NC)OCc1cc(-c2cnc(CN(CCC)C(=O)CNC(=O)O)[nH]2)ccc1-3)C(=O)CNC(=O)O.COC. The number of aromatic amines is 1. The fourth-order valence-electron chi connectivity index (χ4n) is 6.02. The van der Waals surface area contributed by atoms with Crippen LogP contribution >= 0.6 is 0 Å². The molecule has 6 N–H and O–H groups in total. The van der Waals surface area contributed by atoms with Crippen molar-refractivity contribution < 1.29 is 38.9 Å². The third-order valence-corrected chi connectivity index (χ3v) is 8.41. The van der Waals surface area contributed by atoms with Gasteiger partial charge in [-0.2, -0.15) is 0 Å². The zero-order valence-corrected chi connectivity index (χ0v) is 40.9. The van der Waals surface area contributed by atoms with Crippen LogP contribution in [0, 0.1) is 25.7 Å². The molecule has 0 saturated carbocycles. The summed E-state index contributed by atoms with van der Waals surface area (Å²) in [6.45, 7) is 17.6. The summed E-state index contributed by atoms with van der Waals surface area (Å²) in [5, 5.41) is 27.1. The number of aliphatic imine (C=N–C) groups is 1. The first-order valence-electron chi connectivity index (χ1n) is 22.0. The minimum atomic E-state index is -1.25. The van der Waals surface area contributed by atoms with Crippen molar-refractivity contribution in [1.82, 2.24) is 30.4 Å². The van der Waals surface area contributed by atoms with E-state index in [9.17, 15) is 19.2 Å². The van der Waals surface area contributed by atoms with E-state index in [1.807, 2.05) is 59.0 Å². The van der Waals surface area contributed by atoms with Gasteiger partial charge in [-0.05, 0) is 59.2 Å². The summed E-state index contributed by atoms with van der Waals surface area (Å²) in [5.41, 5.74) is 6.23. The molecule has 4 aromatic rings. The maximum Gasteiger partial charge on any atom is 0.405 e. The first kappa shape index (κ1) is 61.0. The van der Waals surface area contributed by atoms with Crippen LogP contribution in [0.3, 0.4) is 0 Å². The van der Waals surface area contributed by atoms with E-state index >= 15 is 0 Å². The van der Waals surface area contributed by atoms with Gasteiger partial charge in [-0.1, -0.05) is 86.4 Å². The number of carbonyl (C=O) groups excluding carboxylic acids is 2. The Morgan fingerprint density at radius 1 is 0.833 bits per heavy atom. The number of hydrogen-bond acceptors (Lipinski definition) is 9. The second-order valence-electron chi connectivity index (χ2n) is 13.8. The normalized spacial score (nSPS) is 10.0. The first-order valence-corrected chi connectivity index (χ1v) is 22.0. The molecule has 0 atom stereocenters. The molecule has 16 nitrogen and oxygen atoms in total. The van der Waals surface area contributed by atoms with Crippen molar-refractivity contribution in [2.75, 3.05) is 59.3 Å². The Labute approximate surface area is 393 Å². The number of amides is 4. The highest BCUT2D eigenvalue weighted by molar-refractivity contribution is 6.03. The number of nitrogens with zero attached hydrogens (tertiary/aromatic N) is 4. The third-order valence-electron chi connectivity index (χ3n) is 8.41. The van der Waals surface area contributed by atoms with Gasteiger partial charge in [0.2, 0.25) is 11.8 Å². The summed E-state index contributed by atoms with van der Waals surface area (Å²) in [4.78, 5) is 62.3. The predicted molar refractivity (Wildman–Crippen MR) is 270 cm³/mol. The van der Waals surface area contributed by atoms with E-state index in [0.717, 1.165) is 63.0 Å². The second kappa shape index (κ2) is 36.3. The third kappa shape index (κ3) is 20.6. The van der Waals surface area contributed by atoms with Gasteiger partial charge in [0.1, 0.15) is 31.3 Å². The number of anilines is 1. The van der Waals surface area contributed by atoms with Gasteiger partial charge in [0.15, 0.2) is 0 Å². The molecule has 0 fully saturated rings. The van der Waals surface area contributed by atoms with E-state index in [0.29, 0.717) is 31.2 Å². The Morgan fingerprint density at radius 3 is 1.91 bits per heavy atom. The molecule has 3 aromatic carbocycles. The Bertz CT molecular complexity index is 2100. The number of hydrogen-bond donors (Lipinski definition) is 6. The van der Waals surface area contributed by atoms with Gasteiger partial charge < -0.3 is 50.4 Å². The second-order valence-corrected chi connectivity index (χ2v) is 13.8. The molecule has 0 unspecified atom stereocenters. The molecular formula is C50H74N8O8. The molecule has 5 rings (SSSR count). The highest BCUT2D eigenvalue weighted by atomic mass is 16.5. The van der Waals surface area contributed by atoms with Crippen LogP contribution in [0.1, 0.15) is 92.5 Å². The maximum absolute atomic E-state index is 12.6. The molecule has 1 aliphatic rings. The molecule has 1 aliphatic heterocycles. The number of H-pyrrole nitrogens is 1. The predicted octanol–water partition coefficient (Wildman–Crippen LogP) is 9.67. The molecular weight excluding hydrogens is 841 g/mol. The smallest absolute Gasteiger partial charge is 0.405 e. The standard InChI is InChI=1S/C36H42N8O7.2C3H8.C2H6O.C2H6.2C2H2/c1-4-11-43(32(45)18-40-35(47)48)13-10-38-28-9-7-22-15-27-25-8-6-23(14-24(25)21-51-30(27)16-26(22)34(28)37-3)29-17-39-31(42-29)20-44(12-5-2)33(46)19-41-36(49)50;3*1-3-2;3*1-2/h6-10,14-17,37,40-41H,4-5,11-13,18-21H2,1-3H3,(H,39,42)(H,47,48)(H,49,50);2*3H2,1-2H3;1-2H3;1-2H3;2*1-2H. The zero-order chi connectivity index (χ0) is 50.6. The minimum absolute atomic E-state index is 0.230. The average Bonchev–Trinajstić information content (AvgIpc) is 3.80. The Hall–Kier alpha value is -7.04. The number of terminal acetylenes is 2. The lowest BCUT2D eigenvalue weighted by molar-refractivity contribution is -0.131. The molecule has 1 aromatic heterocycles. The van der Waals surface area contributed by atoms with Crippen LogP contribution in [0.5, 0.6) is 5.75 Å². The monoisotopic (exact) mass is 915 g/mol. The Kier molecular flexibility index (Phi) is 33.6. The summed E-state index contributed by atoms with van der Waals surface area (Å²) in [5.74, 6) is 0.695. The highest BCUT2D eigenvalue weighted by Crippen LogP contribution is 2.44. The molecule has 2 heterocycles. The largest absolute Gasteiger partial charge is 0.488 e. The zero-order valence-electron chi connectivity index (χ0n) is 40.9. The Balaban J connectivity index is 0. The molecule has 362 valence electrons. The van der Waals surface area contributed by atoms with Gasteiger partial charge >= 0.3 is 12.2 Å². The number of imidazole rings is 1. The van der Waals surface area contributed by atoms with Crippen molar-refractivity contribution in [3.63, 3.8) is 0 Å². The van der Waals surface area contributed by atoms with Crippen molar-refractivity contribution in [2.24, 2.45) is 4.99 Å². The van der Waals surface area contributed by atoms with Gasteiger partial charge in [0, 0.05) is 51.5 Å². The quantitative estimate of drug-likeness (QED) is 0.0491. The van der Waals surface area contributed by atoms with Crippen LogP contribution in [0.15, 0.2) is 53.7 Å². The van der Waals surface area contributed by atoms with E-state index in [1.54, 1.807) is 36.4 Å². The molecule has 0 aliphatic carbocycles. The van der Waals surface area contributed by atoms with Crippen LogP contribution in [-0.4, -0.2) is 114 Å². The summed E-state index contributed by atoms with van der Waals surface area (Å²) in [7, 11) is 5.08. The molecule has 0 bridgehead atoms. The maximum atomic E-state index is 12.6. The molecule has 16 heteroatoms.